The quantitative estimate of drug-likeness (QED) is 0.796. The van der Waals surface area contributed by atoms with E-state index in [4.69, 9.17) is 5.11 Å². The third-order valence-corrected chi connectivity index (χ3v) is 2.48. The number of hydrogen-bond acceptors (Lipinski definition) is 4. The maximum absolute atomic E-state index is 14.0. The molecule has 1 aromatic heterocycles. The summed E-state index contributed by atoms with van der Waals surface area (Å²) < 4.78 is 38.8. The number of hydrogen-bond donors (Lipinski definition) is 2. The van der Waals surface area contributed by atoms with Gasteiger partial charge < -0.3 is 15.3 Å². The summed E-state index contributed by atoms with van der Waals surface area (Å²) >= 11 is 0. The minimum atomic E-state index is -2.76. The van der Waals surface area contributed by atoms with Gasteiger partial charge in [0, 0.05) is 19.3 Å². The highest BCUT2D eigenvalue weighted by molar-refractivity contribution is 5.95. The summed E-state index contributed by atoms with van der Waals surface area (Å²) in [4.78, 5) is 16.5. The average molecular weight is 291 g/mol. The molecule has 20 heavy (non-hydrogen) atoms. The Kier molecular flexibility index (Phi) is 6.23. The van der Waals surface area contributed by atoms with E-state index in [9.17, 15) is 18.0 Å². The molecule has 5 nitrogen and oxygen atoms in total. The first-order valence-corrected chi connectivity index (χ1v) is 6.07. The van der Waals surface area contributed by atoms with Crippen molar-refractivity contribution in [1.82, 2.24) is 9.88 Å². The van der Waals surface area contributed by atoms with Crippen LogP contribution >= 0.6 is 0 Å². The summed E-state index contributed by atoms with van der Waals surface area (Å²) in [7, 11) is 0. The van der Waals surface area contributed by atoms with Crippen LogP contribution in [0.4, 0.5) is 19.0 Å². The van der Waals surface area contributed by atoms with Gasteiger partial charge in [-0.25, -0.2) is 18.2 Å². The van der Waals surface area contributed by atoms with Gasteiger partial charge in [0.2, 0.25) is 0 Å². The normalized spacial score (nSPS) is 10.7. The Morgan fingerprint density at radius 3 is 2.80 bits per heavy atom. The smallest absolute Gasteiger partial charge is 0.257 e. The summed E-state index contributed by atoms with van der Waals surface area (Å²) in [5, 5.41) is 11.4. The van der Waals surface area contributed by atoms with Crippen molar-refractivity contribution in [2.75, 3.05) is 31.6 Å². The predicted molar refractivity (Wildman–Crippen MR) is 67.4 cm³/mol. The van der Waals surface area contributed by atoms with Gasteiger partial charge in [0.25, 0.3) is 12.3 Å². The number of carbonyl (C=O) groups excluding carboxylic acids is 1. The highest BCUT2D eigenvalue weighted by Crippen LogP contribution is 2.17. The van der Waals surface area contributed by atoms with E-state index in [-0.39, 0.29) is 17.9 Å². The molecule has 1 rings (SSSR count). The van der Waals surface area contributed by atoms with E-state index in [1.165, 1.54) is 6.20 Å². The lowest BCUT2D eigenvalue weighted by molar-refractivity contribution is 0.0505. The first-order chi connectivity index (χ1) is 9.51. The third-order valence-electron chi connectivity index (χ3n) is 2.48. The van der Waals surface area contributed by atoms with E-state index < -0.39 is 31.3 Å². The number of rotatable bonds is 7. The molecule has 0 saturated carbocycles. The highest BCUT2D eigenvalue weighted by Gasteiger charge is 2.23. The maximum Gasteiger partial charge on any atom is 0.257 e. The lowest BCUT2D eigenvalue weighted by Crippen LogP contribution is -2.37. The number of pyridine rings is 1. The van der Waals surface area contributed by atoms with E-state index in [0.717, 1.165) is 6.07 Å². The van der Waals surface area contributed by atoms with Gasteiger partial charge in [-0.05, 0) is 13.0 Å². The van der Waals surface area contributed by atoms with Gasteiger partial charge in [-0.2, -0.15) is 0 Å². The Balaban J connectivity index is 3.02. The summed E-state index contributed by atoms with van der Waals surface area (Å²) in [6.07, 6.45) is -1.54. The van der Waals surface area contributed by atoms with Crippen LogP contribution in [0.5, 0.6) is 0 Å². The van der Waals surface area contributed by atoms with Crippen LogP contribution in [0.1, 0.15) is 17.3 Å². The molecule has 1 aromatic rings. The Labute approximate surface area is 114 Å². The molecular formula is C12H16F3N3O2. The molecule has 0 aromatic carbocycles. The number of carbonyl (C=O) groups is 1. The van der Waals surface area contributed by atoms with Crippen molar-refractivity contribution in [3.05, 3.63) is 23.6 Å². The van der Waals surface area contributed by atoms with E-state index >= 15 is 0 Å². The molecule has 0 aliphatic heterocycles. The van der Waals surface area contributed by atoms with Gasteiger partial charge in [0.05, 0.1) is 18.7 Å². The van der Waals surface area contributed by atoms with Gasteiger partial charge >= 0.3 is 0 Å². The Bertz CT molecular complexity index is 458. The van der Waals surface area contributed by atoms with Gasteiger partial charge in [-0.15, -0.1) is 0 Å². The van der Waals surface area contributed by atoms with Gasteiger partial charge in [-0.1, -0.05) is 0 Å². The molecule has 112 valence electrons. The number of aliphatic hydroxyl groups excluding tert-OH is 1. The lowest BCUT2D eigenvalue weighted by atomic mass is 10.2. The minimum absolute atomic E-state index is 0.112. The van der Waals surface area contributed by atoms with Gasteiger partial charge in [0.1, 0.15) is 0 Å². The van der Waals surface area contributed by atoms with E-state index in [1.54, 1.807) is 6.92 Å². The molecule has 2 N–H and O–H groups in total. The highest BCUT2D eigenvalue weighted by atomic mass is 19.3. The van der Waals surface area contributed by atoms with Crippen molar-refractivity contribution in [3.8, 4) is 0 Å². The van der Waals surface area contributed by atoms with Crippen LogP contribution in [0.2, 0.25) is 0 Å². The standard InChI is InChI=1S/C12H16F3N3O2/c1-2-16-11-10(15)8(3-4-17-11)12(20)18(5-6-19)7-9(13)14/h3-4,9,19H,2,5-7H2,1H3,(H,16,17). The van der Waals surface area contributed by atoms with Crippen LogP contribution < -0.4 is 5.32 Å². The number of aromatic nitrogens is 1. The van der Waals surface area contributed by atoms with E-state index in [2.05, 4.69) is 10.3 Å². The van der Waals surface area contributed by atoms with Crippen LogP contribution in [-0.4, -0.2) is 53.6 Å². The molecule has 0 spiro atoms. The maximum atomic E-state index is 14.0. The Morgan fingerprint density at radius 1 is 1.55 bits per heavy atom. The van der Waals surface area contributed by atoms with Gasteiger partial charge in [0.15, 0.2) is 11.6 Å². The van der Waals surface area contributed by atoms with Crippen molar-refractivity contribution in [3.63, 3.8) is 0 Å². The Morgan fingerprint density at radius 2 is 2.25 bits per heavy atom. The number of amides is 1. The molecule has 0 unspecified atom stereocenters. The fourth-order valence-electron chi connectivity index (χ4n) is 1.63. The lowest BCUT2D eigenvalue weighted by Gasteiger charge is -2.21. The SMILES string of the molecule is CCNc1nccc(C(=O)N(CCO)CC(F)F)c1F. The fraction of sp³-hybridized carbons (Fsp3) is 0.500. The molecule has 0 saturated heterocycles. The number of nitrogens with one attached hydrogen (secondary N) is 1. The molecule has 0 radical (unpaired) electrons. The fourth-order valence-corrected chi connectivity index (χ4v) is 1.63. The van der Waals surface area contributed by atoms with Crippen molar-refractivity contribution < 1.29 is 23.1 Å². The zero-order chi connectivity index (χ0) is 15.1. The minimum Gasteiger partial charge on any atom is -0.395 e. The predicted octanol–water partition coefficient (Wildman–Crippen LogP) is 1.35. The number of nitrogens with zero attached hydrogens (tertiary/aromatic N) is 2. The zero-order valence-electron chi connectivity index (χ0n) is 10.9. The largest absolute Gasteiger partial charge is 0.395 e. The molecule has 1 amide bonds. The van der Waals surface area contributed by atoms with E-state index in [1.807, 2.05) is 0 Å². The van der Waals surface area contributed by atoms with Gasteiger partial charge in [-0.3, -0.25) is 4.79 Å². The first-order valence-electron chi connectivity index (χ1n) is 6.07. The second-order valence-corrected chi connectivity index (χ2v) is 3.92. The molecule has 1 heterocycles. The topological polar surface area (TPSA) is 65.5 Å². The van der Waals surface area contributed by atoms with Crippen molar-refractivity contribution in [2.24, 2.45) is 0 Å². The molecule has 0 aliphatic rings. The van der Waals surface area contributed by atoms with Crippen LogP contribution in [0.3, 0.4) is 0 Å². The molecule has 0 atom stereocenters. The summed E-state index contributed by atoms with van der Waals surface area (Å²) in [5.41, 5.74) is -0.356. The number of alkyl halides is 2. The molecule has 0 bridgehead atoms. The third kappa shape index (κ3) is 4.09. The van der Waals surface area contributed by atoms with Crippen molar-refractivity contribution in [2.45, 2.75) is 13.3 Å². The van der Waals surface area contributed by atoms with E-state index in [0.29, 0.717) is 11.4 Å². The summed E-state index contributed by atoms with van der Waals surface area (Å²) in [5.74, 6) is -1.91. The Hall–Kier alpha value is -1.83. The average Bonchev–Trinajstić information content (AvgIpc) is 2.40. The summed E-state index contributed by atoms with van der Waals surface area (Å²) in [6.45, 7) is 0.494. The van der Waals surface area contributed by atoms with Crippen molar-refractivity contribution in [1.29, 1.82) is 0 Å². The van der Waals surface area contributed by atoms with Crippen LogP contribution in [0, 0.1) is 5.82 Å². The molecule has 0 fully saturated rings. The number of anilines is 1. The van der Waals surface area contributed by atoms with Crippen LogP contribution in [0.15, 0.2) is 12.3 Å². The number of aliphatic hydroxyl groups is 1. The van der Waals surface area contributed by atoms with Crippen molar-refractivity contribution >= 4 is 11.7 Å². The monoisotopic (exact) mass is 291 g/mol. The number of halogens is 3. The molecule has 0 aliphatic carbocycles. The van der Waals surface area contributed by atoms with Crippen LogP contribution in [0.25, 0.3) is 0 Å². The first kappa shape index (κ1) is 16.2. The molecular weight excluding hydrogens is 275 g/mol. The second kappa shape index (κ2) is 7.68. The van der Waals surface area contributed by atoms with Crippen LogP contribution in [-0.2, 0) is 0 Å². The second-order valence-electron chi connectivity index (χ2n) is 3.92. The zero-order valence-corrected chi connectivity index (χ0v) is 10.9. The summed E-state index contributed by atoms with van der Waals surface area (Å²) in [6, 6.07) is 1.12. The molecule has 8 heteroatoms.